The van der Waals surface area contributed by atoms with Crippen molar-refractivity contribution in [3.8, 4) is 29.3 Å². The minimum absolute atomic E-state index is 0.0139. The Morgan fingerprint density at radius 2 is 1.59 bits per heavy atom. The number of benzene rings is 2. The summed E-state index contributed by atoms with van der Waals surface area (Å²) in [5.74, 6) is 0.520. The first-order chi connectivity index (χ1) is 20.0. The van der Waals surface area contributed by atoms with Crippen molar-refractivity contribution < 1.29 is 23.7 Å². The molecule has 2 N–H and O–H groups in total. The zero-order chi connectivity index (χ0) is 29.3. The van der Waals surface area contributed by atoms with E-state index in [0.29, 0.717) is 22.6 Å². The Labute approximate surface area is 239 Å². The molecule has 0 radical (unpaired) electrons. The number of nitrogens with zero attached hydrogens (tertiary/aromatic N) is 3. The number of aromatic nitrogens is 4. The molecule has 0 amide bonds. The summed E-state index contributed by atoms with van der Waals surface area (Å²) in [4.78, 5) is 33.1. The van der Waals surface area contributed by atoms with E-state index < -0.39 is 5.97 Å². The largest absolute Gasteiger partial charge is 0.503 e. The molecule has 0 aliphatic carbocycles. The maximum absolute atomic E-state index is 12.1. The van der Waals surface area contributed by atoms with Crippen molar-refractivity contribution in [3.05, 3.63) is 125 Å². The zero-order valence-corrected chi connectivity index (χ0v) is 22.8. The Morgan fingerprint density at radius 1 is 0.927 bits per heavy atom. The van der Waals surface area contributed by atoms with Gasteiger partial charge in [-0.15, -0.1) is 0 Å². The molecule has 0 aliphatic heterocycles. The van der Waals surface area contributed by atoms with Crippen LogP contribution < -0.4 is 15.0 Å². The van der Waals surface area contributed by atoms with E-state index in [1.54, 1.807) is 53.9 Å². The van der Waals surface area contributed by atoms with Gasteiger partial charge in [-0.2, -0.15) is 5.26 Å². The van der Waals surface area contributed by atoms with Crippen molar-refractivity contribution in [1.29, 1.82) is 5.26 Å². The van der Waals surface area contributed by atoms with Gasteiger partial charge in [0.15, 0.2) is 0 Å². The summed E-state index contributed by atoms with van der Waals surface area (Å²) in [7, 11) is 2.71. The van der Waals surface area contributed by atoms with Crippen molar-refractivity contribution in [1.82, 2.24) is 19.3 Å². The van der Waals surface area contributed by atoms with Crippen molar-refractivity contribution in [2.45, 2.75) is 0 Å². The molecule has 5 rings (SSSR count). The van der Waals surface area contributed by atoms with Gasteiger partial charge >= 0.3 is 5.97 Å². The lowest BCUT2D eigenvalue weighted by Crippen LogP contribution is -2.06. The summed E-state index contributed by atoms with van der Waals surface area (Å²) in [6.07, 6.45) is 6.30. The average molecular weight is 572 g/mol. The normalized spacial score (nSPS) is 10.0. The van der Waals surface area contributed by atoms with Gasteiger partial charge in [-0.1, -0.05) is 41.9 Å². The van der Waals surface area contributed by atoms with Gasteiger partial charge < -0.3 is 23.9 Å². The molecule has 0 unspecified atom stereocenters. The summed E-state index contributed by atoms with van der Waals surface area (Å²) in [6.45, 7) is 0. The maximum Gasteiger partial charge on any atom is 0.341 e. The molecule has 0 spiro atoms. The number of aromatic amines is 2. The van der Waals surface area contributed by atoms with E-state index >= 15 is 0 Å². The van der Waals surface area contributed by atoms with Crippen LogP contribution in [0, 0.1) is 11.3 Å². The number of hydrogen-bond donors (Lipinski definition) is 2. The van der Waals surface area contributed by atoms with Crippen LogP contribution in [0.1, 0.15) is 11.1 Å². The second-order valence-electron chi connectivity index (χ2n) is 7.53. The molecule has 3 aromatic heterocycles. The first-order valence-electron chi connectivity index (χ1n) is 11.8. The Hall–Kier alpha value is -5.67. The number of ether oxygens (including phenoxy) is 4. The number of H-pyrrole nitrogens is 2. The minimum Gasteiger partial charge on any atom is -0.503 e. The van der Waals surface area contributed by atoms with E-state index in [1.807, 2.05) is 24.5 Å². The van der Waals surface area contributed by atoms with Gasteiger partial charge in [0.25, 0.3) is 5.56 Å². The highest BCUT2D eigenvalue weighted by atomic mass is 32.1. The molecule has 0 fully saturated rings. The summed E-state index contributed by atoms with van der Waals surface area (Å²) in [6, 6.07) is 22.6. The number of para-hydroxylation sites is 2. The highest BCUT2D eigenvalue weighted by Crippen LogP contribution is 2.32. The average Bonchev–Trinajstić information content (AvgIpc) is 3.74. The Kier molecular flexibility index (Phi) is 11.9. The van der Waals surface area contributed by atoms with E-state index in [9.17, 15) is 14.9 Å². The minimum atomic E-state index is -0.576. The number of methoxy groups -OCH3 is 2. The maximum atomic E-state index is 12.1. The van der Waals surface area contributed by atoms with Gasteiger partial charge in [0, 0.05) is 29.4 Å². The molecule has 3 heterocycles. The van der Waals surface area contributed by atoms with Gasteiger partial charge in [-0.3, -0.25) is 9.17 Å². The molecule has 12 heteroatoms. The lowest BCUT2D eigenvalue weighted by molar-refractivity contribution is -0.133. The molecular formula is C29H25N5O6S. The van der Waals surface area contributed by atoms with Crippen LogP contribution in [-0.2, 0) is 14.3 Å². The van der Waals surface area contributed by atoms with Gasteiger partial charge in [0.2, 0.25) is 11.8 Å². The van der Waals surface area contributed by atoms with E-state index in [2.05, 4.69) is 25.4 Å². The Bertz CT molecular complexity index is 1610. The molecule has 0 saturated carbocycles. The van der Waals surface area contributed by atoms with Crippen molar-refractivity contribution in [2.75, 3.05) is 14.2 Å². The smallest absolute Gasteiger partial charge is 0.341 e. The van der Waals surface area contributed by atoms with Crippen LogP contribution in [-0.4, -0.2) is 39.5 Å². The predicted octanol–water partition coefficient (Wildman–Crippen LogP) is 5.54. The van der Waals surface area contributed by atoms with E-state index in [-0.39, 0.29) is 22.9 Å². The first-order valence-corrected chi connectivity index (χ1v) is 12.7. The van der Waals surface area contributed by atoms with E-state index in [0.717, 1.165) is 0 Å². The van der Waals surface area contributed by atoms with Crippen LogP contribution >= 0.6 is 11.5 Å². The molecule has 11 nitrogen and oxygen atoms in total. The highest BCUT2D eigenvalue weighted by molar-refractivity contribution is 7.03. The fourth-order valence-electron chi connectivity index (χ4n) is 3.04. The number of esters is 1. The fraction of sp³-hybridized carbons (Fsp3) is 0.0690. The summed E-state index contributed by atoms with van der Waals surface area (Å²) >= 11 is 1.30. The standard InChI is InChI=1S/C22H17N3O5.C4H5N.C3H3NOS/c1-27-13-17(22(26)28-2)16-8-4-6-10-19(16)30-21-11-20(24-14-25-21)29-18-9-5-3-7-15(18)12-23;1-2-4-5-3-1;5-3-1-2-6-4-3/h3-11,13-14H,1-2H3;1-5H;1-2H,(H,4,5)/b17-13+;;. The van der Waals surface area contributed by atoms with Crippen LogP contribution in [0.2, 0.25) is 0 Å². The third kappa shape index (κ3) is 9.54. The molecule has 0 saturated heterocycles. The second-order valence-corrected chi connectivity index (χ2v) is 8.25. The monoisotopic (exact) mass is 571 g/mol. The fourth-order valence-corrected chi connectivity index (χ4v) is 3.48. The second kappa shape index (κ2) is 16.3. The lowest BCUT2D eigenvalue weighted by atomic mass is 10.1. The lowest BCUT2D eigenvalue weighted by Gasteiger charge is -2.12. The van der Waals surface area contributed by atoms with Crippen molar-refractivity contribution in [3.63, 3.8) is 0 Å². The van der Waals surface area contributed by atoms with Crippen LogP contribution in [0.3, 0.4) is 0 Å². The number of hydrogen-bond acceptors (Lipinski definition) is 10. The molecule has 0 aliphatic rings. The highest BCUT2D eigenvalue weighted by Gasteiger charge is 2.18. The SMILES string of the molecule is CO/C=C(/C(=O)OC)c1ccccc1Oc1cc(Oc2ccccc2C#N)ncn1.O=c1ccs[nH]1.c1cc[nH]c1. The molecule has 208 valence electrons. The van der Waals surface area contributed by atoms with E-state index in [1.165, 1.54) is 50.5 Å². The van der Waals surface area contributed by atoms with Gasteiger partial charge in [-0.25, -0.2) is 14.8 Å². The molecule has 41 heavy (non-hydrogen) atoms. The Morgan fingerprint density at radius 3 is 2.12 bits per heavy atom. The Balaban J connectivity index is 0.000000346. The van der Waals surface area contributed by atoms with Gasteiger partial charge in [0.05, 0.1) is 32.1 Å². The van der Waals surface area contributed by atoms with Gasteiger partial charge in [0.1, 0.15) is 29.5 Å². The third-order valence-electron chi connectivity index (χ3n) is 4.81. The van der Waals surface area contributed by atoms with E-state index in [4.69, 9.17) is 18.9 Å². The van der Waals surface area contributed by atoms with Crippen molar-refractivity contribution >= 4 is 23.1 Å². The number of rotatable bonds is 7. The topological polar surface area (TPSA) is 152 Å². The number of carbonyl (C=O) groups excluding carboxylic acids is 1. The van der Waals surface area contributed by atoms with Gasteiger partial charge in [-0.05, 0) is 30.3 Å². The van der Waals surface area contributed by atoms with Crippen LogP contribution in [0.25, 0.3) is 5.57 Å². The number of carbonyl (C=O) groups is 1. The summed E-state index contributed by atoms with van der Waals surface area (Å²) < 4.78 is 23.9. The van der Waals surface area contributed by atoms with Crippen LogP contribution in [0.5, 0.6) is 23.3 Å². The number of nitrogens with one attached hydrogen (secondary N) is 2. The van der Waals surface area contributed by atoms with Crippen LogP contribution in [0.15, 0.2) is 108 Å². The zero-order valence-electron chi connectivity index (χ0n) is 22.0. The predicted molar refractivity (Wildman–Crippen MR) is 153 cm³/mol. The molecular weight excluding hydrogens is 546 g/mol. The number of nitriles is 1. The molecule has 0 atom stereocenters. The van der Waals surface area contributed by atoms with Crippen LogP contribution in [0.4, 0.5) is 0 Å². The summed E-state index contributed by atoms with van der Waals surface area (Å²) in [5, 5.41) is 10.9. The molecule has 0 bridgehead atoms. The molecule has 2 aromatic carbocycles. The molecule has 5 aromatic rings. The summed E-state index contributed by atoms with van der Waals surface area (Å²) in [5.41, 5.74) is 1.00. The quantitative estimate of drug-likeness (QED) is 0.146. The third-order valence-corrected chi connectivity index (χ3v) is 5.41. The van der Waals surface area contributed by atoms with Crippen molar-refractivity contribution in [2.24, 2.45) is 0 Å². The first kappa shape index (κ1) is 29.9.